The Morgan fingerprint density at radius 2 is 1.75 bits per heavy atom. The van der Waals surface area contributed by atoms with Gasteiger partial charge in [-0.3, -0.25) is 9.59 Å². The lowest BCUT2D eigenvalue weighted by molar-refractivity contribution is -0.146. The number of nitrogens with one attached hydrogen (secondary N) is 3. The van der Waals surface area contributed by atoms with Crippen LogP contribution in [0.4, 0.5) is 4.79 Å². The van der Waals surface area contributed by atoms with Crippen LogP contribution in [-0.4, -0.2) is 43.2 Å². The number of hydrogen-bond donors (Lipinski definition) is 4. The molecule has 92 valence electrons. The third kappa shape index (κ3) is 5.18. The van der Waals surface area contributed by atoms with Gasteiger partial charge in [-0.2, -0.15) is 0 Å². The largest absolute Gasteiger partial charge is 0.481 e. The van der Waals surface area contributed by atoms with Crippen molar-refractivity contribution in [2.45, 2.75) is 13.8 Å². The first-order chi connectivity index (χ1) is 7.29. The van der Waals surface area contributed by atoms with Crippen molar-refractivity contribution >= 4 is 17.9 Å². The molecule has 0 aliphatic carbocycles. The van der Waals surface area contributed by atoms with Crippen LogP contribution in [0.2, 0.25) is 0 Å². The molecule has 0 unspecified atom stereocenters. The molecule has 0 radical (unpaired) electrons. The Morgan fingerprint density at radius 3 is 2.19 bits per heavy atom. The van der Waals surface area contributed by atoms with E-state index in [9.17, 15) is 14.4 Å². The van der Waals surface area contributed by atoms with Crippen LogP contribution in [0, 0.1) is 5.41 Å². The Bertz CT molecular complexity index is 288. The third-order valence-electron chi connectivity index (χ3n) is 1.96. The van der Waals surface area contributed by atoms with E-state index in [2.05, 4.69) is 16.0 Å². The van der Waals surface area contributed by atoms with E-state index in [1.165, 1.54) is 20.9 Å². The van der Waals surface area contributed by atoms with Crippen molar-refractivity contribution in [3.63, 3.8) is 0 Å². The second-order valence-electron chi connectivity index (χ2n) is 3.90. The highest BCUT2D eigenvalue weighted by atomic mass is 16.4. The van der Waals surface area contributed by atoms with Gasteiger partial charge in [-0.15, -0.1) is 0 Å². The number of aliphatic carboxylic acids is 1. The zero-order chi connectivity index (χ0) is 12.8. The molecule has 7 heteroatoms. The van der Waals surface area contributed by atoms with E-state index in [1.54, 1.807) is 0 Å². The Balaban J connectivity index is 3.90. The van der Waals surface area contributed by atoms with Crippen molar-refractivity contribution in [1.29, 1.82) is 0 Å². The molecule has 7 nitrogen and oxygen atoms in total. The number of carboxylic acids is 1. The molecular weight excluding hydrogens is 214 g/mol. The normalized spacial score (nSPS) is 10.4. The molecule has 0 spiro atoms. The Labute approximate surface area is 93.6 Å². The fourth-order valence-corrected chi connectivity index (χ4v) is 0.688. The number of hydrogen-bond acceptors (Lipinski definition) is 3. The second kappa shape index (κ2) is 5.94. The Morgan fingerprint density at radius 1 is 1.19 bits per heavy atom. The van der Waals surface area contributed by atoms with Crippen LogP contribution in [-0.2, 0) is 9.59 Å². The summed E-state index contributed by atoms with van der Waals surface area (Å²) in [4.78, 5) is 32.6. The standard InChI is InChI=1S/C9H17N3O4/c1-9(2,7(14)15)5-12-8(16)11-4-6(13)10-3/h4-5H2,1-3H3,(H,10,13)(H,14,15)(H2,11,12,16). The van der Waals surface area contributed by atoms with Crippen molar-refractivity contribution in [3.8, 4) is 0 Å². The fourth-order valence-electron chi connectivity index (χ4n) is 0.688. The highest BCUT2D eigenvalue weighted by Crippen LogP contribution is 2.12. The molecule has 0 saturated carbocycles. The minimum absolute atomic E-state index is 0.0120. The molecular formula is C9H17N3O4. The summed E-state index contributed by atoms with van der Waals surface area (Å²) in [6.45, 7) is 2.83. The molecule has 4 N–H and O–H groups in total. The number of amides is 3. The summed E-state index contributed by atoms with van der Waals surface area (Å²) in [5, 5.41) is 15.8. The highest BCUT2D eigenvalue weighted by molar-refractivity contribution is 5.84. The molecule has 0 aromatic rings. The van der Waals surface area contributed by atoms with Crippen LogP contribution in [0.3, 0.4) is 0 Å². The topological polar surface area (TPSA) is 108 Å². The summed E-state index contributed by atoms with van der Waals surface area (Å²) in [7, 11) is 1.45. The lowest BCUT2D eigenvalue weighted by atomic mass is 9.94. The van der Waals surface area contributed by atoms with Crippen LogP contribution < -0.4 is 16.0 Å². The SMILES string of the molecule is CNC(=O)CNC(=O)NCC(C)(C)C(=O)O. The quantitative estimate of drug-likeness (QED) is 0.494. The van der Waals surface area contributed by atoms with Gasteiger partial charge < -0.3 is 21.1 Å². The van der Waals surface area contributed by atoms with Gasteiger partial charge >= 0.3 is 12.0 Å². The number of likely N-dealkylation sites (N-methyl/N-ethyl adjacent to an activating group) is 1. The lowest BCUT2D eigenvalue weighted by Crippen LogP contribution is -2.45. The van der Waals surface area contributed by atoms with E-state index in [1.807, 2.05) is 0 Å². The van der Waals surface area contributed by atoms with Gasteiger partial charge in [0.05, 0.1) is 12.0 Å². The predicted octanol–water partition coefficient (Wildman–Crippen LogP) is -0.858. The van der Waals surface area contributed by atoms with E-state index >= 15 is 0 Å². The number of urea groups is 1. The summed E-state index contributed by atoms with van der Waals surface area (Å²) in [6, 6.07) is -0.571. The van der Waals surface area contributed by atoms with Gasteiger partial charge in [0.1, 0.15) is 0 Å². The van der Waals surface area contributed by atoms with Gasteiger partial charge in [-0.25, -0.2) is 4.79 Å². The van der Waals surface area contributed by atoms with E-state index in [0.29, 0.717) is 0 Å². The summed E-state index contributed by atoms with van der Waals surface area (Å²) >= 11 is 0. The molecule has 0 aromatic heterocycles. The minimum Gasteiger partial charge on any atom is -0.481 e. The average molecular weight is 231 g/mol. The average Bonchev–Trinajstić information content (AvgIpc) is 2.22. The highest BCUT2D eigenvalue weighted by Gasteiger charge is 2.27. The van der Waals surface area contributed by atoms with Crippen molar-refractivity contribution in [2.24, 2.45) is 5.41 Å². The van der Waals surface area contributed by atoms with Gasteiger partial charge in [0.25, 0.3) is 0 Å². The second-order valence-corrected chi connectivity index (χ2v) is 3.90. The summed E-state index contributed by atoms with van der Waals surface area (Å²) in [5.41, 5.74) is -1.04. The maximum Gasteiger partial charge on any atom is 0.315 e. The first kappa shape index (κ1) is 14.2. The predicted molar refractivity (Wildman–Crippen MR) is 56.9 cm³/mol. The summed E-state index contributed by atoms with van der Waals surface area (Å²) < 4.78 is 0. The van der Waals surface area contributed by atoms with Crippen molar-refractivity contribution < 1.29 is 19.5 Å². The zero-order valence-corrected chi connectivity index (χ0v) is 9.59. The molecule has 0 heterocycles. The van der Waals surface area contributed by atoms with E-state index in [0.717, 1.165) is 0 Å². The molecule has 0 rings (SSSR count). The number of carbonyl (C=O) groups excluding carboxylic acids is 2. The van der Waals surface area contributed by atoms with Crippen LogP contribution in [0.15, 0.2) is 0 Å². The molecule has 0 aliphatic heterocycles. The summed E-state index contributed by atoms with van der Waals surface area (Å²) in [6.07, 6.45) is 0. The monoisotopic (exact) mass is 231 g/mol. The minimum atomic E-state index is -1.04. The van der Waals surface area contributed by atoms with Gasteiger partial charge in [-0.05, 0) is 13.8 Å². The van der Waals surface area contributed by atoms with E-state index < -0.39 is 17.4 Å². The van der Waals surface area contributed by atoms with Crippen molar-refractivity contribution in [2.75, 3.05) is 20.1 Å². The molecule has 0 bridgehead atoms. The van der Waals surface area contributed by atoms with Crippen molar-refractivity contribution in [3.05, 3.63) is 0 Å². The lowest BCUT2D eigenvalue weighted by Gasteiger charge is -2.19. The smallest absolute Gasteiger partial charge is 0.315 e. The maximum atomic E-state index is 11.1. The van der Waals surface area contributed by atoms with Gasteiger partial charge in [0, 0.05) is 13.6 Å². The van der Waals surface area contributed by atoms with Crippen LogP contribution in [0.1, 0.15) is 13.8 Å². The van der Waals surface area contributed by atoms with Crippen LogP contribution in [0.25, 0.3) is 0 Å². The molecule has 16 heavy (non-hydrogen) atoms. The molecule has 0 fully saturated rings. The van der Waals surface area contributed by atoms with E-state index in [4.69, 9.17) is 5.11 Å². The first-order valence-electron chi connectivity index (χ1n) is 4.75. The van der Waals surface area contributed by atoms with Crippen LogP contribution in [0.5, 0.6) is 0 Å². The fraction of sp³-hybridized carbons (Fsp3) is 0.667. The Kier molecular flexibility index (Phi) is 5.27. The number of carbonyl (C=O) groups is 3. The van der Waals surface area contributed by atoms with Gasteiger partial charge in [0.2, 0.25) is 5.91 Å². The van der Waals surface area contributed by atoms with Crippen molar-refractivity contribution in [1.82, 2.24) is 16.0 Å². The number of carboxylic acid groups (broad SMARTS) is 1. The molecule has 0 saturated heterocycles. The van der Waals surface area contributed by atoms with E-state index in [-0.39, 0.29) is 19.0 Å². The zero-order valence-electron chi connectivity index (χ0n) is 9.59. The summed E-state index contributed by atoms with van der Waals surface area (Å²) in [5.74, 6) is -1.33. The van der Waals surface area contributed by atoms with Gasteiger partial charge in [0.15, 0.2) is 0 Å². The number of rotatable bonds is 5. The molecule has 0 atom stereocenters. The first-order valence-corrected chi connectivity index (χ1v) is 4.75. The molecule has 3 amide bonds. The molecule has 0 aliphatic rings. The Hall–Kier alpha value is -1.79. The maximum absolute atomic E-state index is 11.1. The molecule has 0 aromatic carbocycles. The van der Waals surface area contributed by atoms with Gasteiger partial charge in [-0.1, -0.05) is 0 Å². The van der Waals surface area contributed by atoms with Crippen LogP contribution >= 0.6 is 0 Å². The third-order valence-corrected chi connectivity index (χ3v) is 1.96.